The van der Waals surface area contributed by atoms with Crippen molar-refractivity contribution in [2.24, 2.45) is 4.99 Å². The summed E-state index contributed by atoms with van der Waals surface area (Å²) in [5.41, 5.74) is 5.17. The molecule has 10 nitrogen and oxygen atoms in total. The number of amides is 2. The fourth-order valence-electron chi connectivity index (χ4n) is 6.88. The highest BCUT2D eigenvalue weighted by molar-refractivity contribution is 5.92. The van der Waals surface area contributed by atoms with Crippen LogP contribution in [-0.2, 0) is 15.9 Å². The number of nitrogens with zero attached hydrogens (tertiary/aromatic N) is 4. The summed E-state index contributed by atoms with van der Waals surface area (Å²) >= 11 is 0. The van der Waals surface area contributed by atoms with Crippen LogP contribution in [0.2, 0.25) is 0 Å². The molecule has 3 atom stereocenters. The molecule has 0 bridgehead atoms. The van der Waals surface area contributed by atoms with Crippen molar-refractivity contribution in [3.63, 3.8) is 0 Å². The van der Waals surface area contributed by atoms with Crippen molar-refractivity contribution in [3.05, 3.63) is 78.3 Å². The molecular weight excluding hydrogens is 616 g/mol. The van der Waals surface area contributed by atoms with Crippen molar-refractivity contribution in [1.82, 2.24) is 25.1 Å². The van der Waals surface area contributed by atoms with Crippen LogP contribution in [0.1, 0.15) is 96.4 Å². The Kier molecular flexibility index (Phi) is 9.60. The summed E-state index contributed by atoms with van der Waals surface area (Å²) in [6.07, 6.45) is 5.50. The summed E-state index contributed by atoms with van der Waals surface area (Å²) in [6.45, 7) is 17.3. The van der Waals surface area contributed by atoms with E-state index in [4.69, 9.17) is 19.5 Å². The van der Waals surface area contributed by atoms with Crippen molar-refractivity contribution in [1.29, 1.82) is 0 Å². The largest absolute Gasteiger partial charge is 0.444 e. The minimum absolute atomic E-state index is 0.0655. The normalized spacial score (nSPS) is 21.0. The molecule has 0 spiro atoms. The van der Waals surface area contributed by atoms with Crippen molar-refractivity contribution in [2.45, 2.75) is 103 Å². The number of aromatic amines is 1. The summed E-state index contributed by atoms with van der Waals surface area (Å²) in [6, 6.07) is 16.9. The van der Waals surface area contributed by atoms with Gasteiger partial charge in [-0.1, -0.05) is 54.6 Å². The van der Waals surface area contributed by atoms with E-state index < -0.39 is 11.2 Å². The van der Waals surface area contributed by atoms with E-state index in [9.17, 15) is 9.59 Å². The van der Waals surface area contributed by atoms with Crippen molar-refractivity contribution >= 4 is 18.0 Å². The zero-order valence-electron chi connectivity index (χ0n) is 29.7. The van der Waals surface area contributed by atoms with Crippen LogP contribution in [-0.4, -0.2) is 74.7 Å². The molecule has 2 N–H and O–H groups in total. The maximum atomic E-state index is 13.0. The molecule has 260 valence electrons. The van der Waals surface area contributed by atoms with Gasteiger partial charge in [-0.3, -0.25) is 14.8 Å². The maximum absolute atomic E-state index is 13.0. The van der Waals surface area contributed by atoms with Crippen molar-refractivity contribution < 1.29 is 19.1 Å². The van der Waals surface area contributed by atoms with Crippen LogP contribution in [0.4, 0.5) is 9.59 Å². The summed E-state index contributed by atoms with van der Waals surface area (Å²) < 4.78 is 11.3. The van der Waals surface area contributed by atoms with Crippen LogP contribution >= 0.6 is 0 Å². The number of allylic oxidation sites excluding steroid dienone is 1. The van der Waals surface area contributed by atoms with E-state index in [0.29, 0.717) is 26.1 Å². The first-order valence-electron chi connectivity index (χ1n) is 17.5. The molecule has 0 saturated carbocycles. The average Bonchev–Trinajstić information content (AvgIpc) is 3.86. The third-order valence-electron chi connectivity index (χ3n) is 9.11. The molecule has 2 aromatic carbocycles. The number of hydrogen-bond donors (Lipinski definition) is 2. The number of aromatic nitrogens is 2. The molecule has 3 aromatic rings. The predicted octanol–water partition coefficient (Wildman–Crippen LogP) is 7.99. The number of likely N-dealkylation sites (tertiary alicyclic amines) is 2. The van der Waals surface area contributed by atoms with Gasteiger partial charge in [0, 0.05) is 30.8 Å². The summed E-state index contributed by atoms with van der Waals surface area (Å²) in [5.74, 6) is 1.66. The number of carbonyl (C=O) groups excluding carboxylic acids is 2. The lowest BCUT2D eigenvalue weighted by Crippen LogP contribution is -2.46. The number of hydrogen-bond acceptors (Lipinski definition) is 7. The summed E-state index contributed by atoms with van der Waals surface area (Å²) in [4.78, 5) is 42.7. The molecule has 49 heavy (non-hydrogen) atoms. The number of H-pyrrole nitrogens is 1. The molecule has 2 saturated heterocycles. The Morgan fingerprint density at radius 2 is 1.37 bits per heavy atom. The highest BCUT2D eigenvalue weighted by Gasteiger charge is 2.38. The highest BCUT2D eigenvalue weighted by atomic mass is 16.6. The molecule has 1 unspecified atom stereocenters. The second kappa shape index (κ2) is 13.7. The van der Waals surface area contributed by atoms with Crippen molar-refractivity contribution in [3.8, 4) is 22.4 Å². The zero-order valence-corrected chi connectivity index (χ0v) is 29.7. The smallest absolute Gasteiger partial charge is 0.410 e. The van der Waals surface area contributed by atoms with Crippen LogP contribution in [0.15, 0.2) is 66.2 Å². The van der Waals surface area contributed by atoms with E-state index >= 15 is 0 Å². The lowest BCUT2D eigenvalue weighted by atomic mass is 9.99. The Morgan fingerprint density at radius 1 is 0.837 bits per heavy atom. The van der Waals surface area contributed by atoms with Gasteiger partial charge in [-0.15, -0.1) is 6.58 Å². The SMILES string of the molecule is C=CCc1[nH]c([C@@H]2CCCN2C(=O)OC(C)(C)C)nc1-c1ccc(-c2ccc(C3CN=C([C@@H]4CCCN4C(=O)OC(C)(C)C)N3)cc2)cc1. The Labute approximate surface area is 290 Å². The molecule has 2 fully saturated rings. The number of aliphatic imine (C=N–C) groups is 1. The van der Waals surface area contributed by atoms with Gasteiger partial charge in [-0.25, -0.2) is 14.6 Å². The fourth-order valence-corrected chi connectivity index (χ4v) is 6.88. The quantitative estimate of drug-likeness (QED) is 0.247. The number of ether oxygens (including phenoxy) is 2. The zero-order chi connectivity index (χ0) is 34.9. The molecule has 1 aromatic heterocycles. The van der Waals surface area contributed by atoms with Crippen LogP contribution in [0.3, 0.4) is 0 Å². The Balaban J connectivity index is 1.12. The van der Waals surface area contributed by atoms with Gasteiger partial charge >= 0.3 is 12.2 Å². The molecule has 0 aliphatic carbocycles. The monoisotopic (exact) mass is 666 g/mol. The number of amidine groups is 1. The number of nitrogens with one attached hydrogen (secondary N) is 2. The summed E-state index contributed by atoms with van der Waals surface area (Å²) in [5, 5.41) is 3.59. The minimum Gasteiger partial charge on any atom is -0.444 e. The van der Waals surface area contributed by atoms with Gasteiger partial charge in [-0.2, -0.15) is 0 Å². The second-order valence-corrected chi connectivity index (χ2v) is 15.2. The van der Waals surface area contributed by atoms with Gasteiger partial charge in [0.15, 0.2) is 0 Å². The van der Waals surface area contributed by atoms with Crippen LogP contribution in [0.25, 0.3) is 22.4 Å². The van der Waals surface area contributed by atoms with E-state index in [2.05, 4.69) is 65.4 Å². The predicted molar refractivity (Wildman–Crippen MR) is 192 cm³/mol. The standard InChI is InChI=1S/C39H50N6O4/c1-8-11-29-33(43-35(41-29)32-13-10-23-45(32)37(47)49-39(5,6)7)28-20-16-26(17-21-28)25-14-18-27(19-15-25)30-24-40-34(42-30)31-12-9-22-44(31)36(46)48-38(2,3)4/h8,14-21,30-32H,1,9-13,22-24H2,2-7H3,(H,40,42)(H,41,43)/t30?,31-,32-/m0/s1. The van der Waals surface area contributed by atoms with Gasteiger partial charge in [0.2, 0.25) is 0 Å². The third-order valence-corrected chi connectivity index (χ3v) is 9.11. The molecule has 3 aliphatic heterocycles. The molecule has 0 radical (unpaired) electrons. The van der Waals surface area contributed by atoms with E-state index in [1.165, 1.54) is 0 Å². The van der Waals surface area contributed by atoms with Crippen LogP contribution in [0.5, 0.6) is 0 Å². The average molecular weight is 667 g/mol. The second-order valence-electron chi connectivity index (χ2n) is 15.2. The third kappa shape index (κ3) is 7.84. The van der Waals surface area contributed by atoms with E-state index in [1.54, 1.807) is 4.90 Å². The first-order chi connectivity index (χ1) is 23.3. The molecule has 3 aliphatic rings. The molecular formula is C39H50N6O4. The van der Waals surface area contributed by atoms with Crippen LogP contribution in [0, 0.1) is 0 Å². The lowest BCUT2D eigenvalue weighted by Gasteiger charge is -2.29. The first kappa shape index (κ1) is 34.3. The number of benzene rings is 2. The Hall–Kier alpha value is -4.60. The van der Waals surface area contributed by atoms with E-state index in [1.807, 2.05) is 52.5 Å². The van der Waals surface area contributed by atoms with Gasteiger partial charge in [0.05, 0.1) is 30.4 Å². The molecule has 6 rings (SSSR count). The fraction of sp³-hybridized carbons (Fsp3) is 0.487. The topological polar surface area (TPSA) is 112 Å². The van der Waals surface area contributed by atoms with E-state index in [-0.39, 0.29) is 30.3 Å². The maximum Gasteiger partial charge on any atom is 0.410 e. The Morgan fingerprint density at radius 3 is 1.94 bits per heavy atom. The Bertz CT molecular complexity index is 1700. The van der Waals surface area contributed by atoms with Crippen molar-refractivity contribution in [2.75, 3.05) is 19.6 Å². The molecule has 4 heterocycles. The molecule has 2 amide bonds. The number of carbonyl (C=O) groups is 2. The number of rotatable bonds is 7. The lowest BCUT2D eigenvalue weighted by molar-refractivity contribution is 0.0216. The molecule has 10 heteroatoms. The van der Waals surface area contributed by atoms with Crippen LogP contribution < -0.4 is 5.32 Å². The van der Waals surface area contributed by atoms with Gasteiger partial charge in [-0.05, 0) is 83.9 Å². The van der Waals surface area contributed by atoms with E-state index in [0.717, 1.165) is 71.0 Å². The van der Waals surface area contributed by atoms with Gasteiger partial charge in [0.1, 0.15) is 22.9 Å². The van der Waals surface area contributed by atoms with Gasteiger partial charge < -0.3 is 19.8 Å². The van der Waals surface area contributed by atoms with Gasteiger partial charge in [0.25, 0.3) is 0 Å². The summed E-state index contributed by atoms with van der Waals surface area (Å²) in [7, 11) is 0. The highest BCUT2D eigenvalue weighted by Crippen LogP contribution is 2.35. The first-order valence-corrected chi connectivity index (χ1v) is 17.5. The minimum atomic E-state index is -0.553. The number of imidazole rings is 1.